The van der Waals surface area contributed by atoms with Crippen LogP contribution >= 0.6 is 24.0 Å². The van der Waals surface area contributed by atoms with Gasteiger partial charge in [-0.25, -0.2) is 4.99 Å². The number of aliphatic imine (C=N–C) groups is 1. The lowest BCUT2D eigenvalue weighted by atomic mass is 10.1. The predicted molar refractivity (Wildman–Crippen MR) is 85.1 cm³/mol. The van der Waals surface area contributed by atoms with Gasteiger partial charge in [-0.3, -0.25) is 0 Å². The van der Waals surface area contributed by atoms with Crippen LogP contribution in [0.3, 0.4) is 0 Å². The molecule has 0 saturated heterocycles. The molecule has 96 valence electrons. The van der Waals surface area contributed by atoms with Gasteiger partial charge in [0.1, 0.15) is 0 Å². The summed E-state index contributed by atoms with van der Waals surface area (Å²) >= 11 is 0. The fourth-order valence-electron chi connectivity index (χ4n) is 1.49. The maximum atomic E-state index is 4.56. The second-order valence-electron chi connectivity index (χ2n) is 4.05. The minimum atomic E-state index is 0. The molecule has 3 nitrogen and oxygen atoms in total. The van der Waals surface area contributed by atoms with E-state index in [0.717, 1.165) is 19.0 Å². The molecular formula is C13H22IN3. The molecule has 0 bridgehead atoms. The van der Waals surface area contributed by atoms with Gasteiger partial charge in [-0.05, 0) is 19.4 Å². The van der Waals surface area contributed by atoms with Crippen LogP contribution < -0.4 is 5.32 Å². The van der Waals surface area contributed by atoms with Gasteiger partial charge in [-0.15, -0.1) is 24.0 Å². The Hall–Kier alpha value is -0.780. The van der Waals surface area contributed by atoms with Gasteiger partial charge in [-0.1, -0.05) is 29.8 Å². The maximum absolute atomic E-state index is 4.56. The van der Waals surface area contributed by atoms with E-state index in [9.17, 15) is 0 Å². The molecule has 0 aliphatic rings. The van der Waals surface area contributed by atoms with Gasteiger partial charge in [0.05, 0.1) is 6.54 Å². The van der Waals surface area contributed by atoms with Crippen LogP contribution in [0.5, 0.6) is 0 Å². The van der Waals surface area contributed by atoms with Crippen LogP contribution in [0.4, 0.5) is 0 Å². The fraction of sp³-hybridized carbons (Fsp3) is 0.462. The zero-order chi connectivity index (χ0) is 12.0. The third-order valence-electron chi connectivity index (χ3n) is 2.25. The molecule has 1 rings (SSSR count). The Morgan fingerprint density at radius 1 is 1.35 bits per heavy atom. The minimum Gasteiger partial charge on any atom is -0.357 e. The Kier molecular flexibility index (Phi) is 7.95. The molecule has 1 N–H and O–H groups in total. The summed E-state index contributed by atoms with van der Waals surface area (Å²) in [5.41, 5.74) is 2.53. The highest BCUT2D eigenvalue weighted by atomic mass is 127. The topological polar surface area (TPSA) is 27.6 Å². The first-order valence-corrected chi connectivity index (χ1v) is 5.64. The number of nitrogens with zero attached hydrogens (tertiary/aromatic N) is 2. The average Bonchev–Trinajstić information content (AvgIpc) is 2.24. The summed E-state index contributed by atoms with van der Waals surface area (Å²) in [4.78, 5) is 6.56. The number of rotatable bonds is 3. The summed E-state index contributed by atoms with van der Waals surface area (Å²) < 4.78 is 0. The number of aryl methyl sites for hydroxylation is 1. The van der Waals surface area contributed by atoms with Crippen molar-refractivity contribution in [2.24, 2.45) is 4.99 Å². The molecule has 4 heteroatoms. The van der Waals surface area contributed by atoms with Crippen LogP contribution in [0.1, 0.15) is 18.1 Å². The Bertz CT molecular complexity index is 361. The molecular weight excluding hydrogens is 325 g/mol. The van der Waals surface area contributed by atoms with E-state index >= 15 is 0 Å². The predicted octanol–water partition coefficient (Wildman–Crippen LogP) is 2.64. The van der Waals surface area contributed by atoms with Crippen LogP contribution in [-0.4, -0.2) is 31.5 Å². The van der Waals surface area contributed by atoms with Crippen molar-refractivity contribution in [3.8, 4) is 0 Å². The number of halogens is 1. The molecule has 0 saturated carbocycles. The van der Waals surface area contributed by atoms with Gasteiger partial charge in [0.2, 0.25) is 0 Å². The largest absolute Gasteiger partial charge is 0.357 e. The third-order valence-corrected chi connectivity index (χ3v) is 2.25. The summed E-state index contributed by atoms with van der Waals surface area (Å²) in [5.74, 6) is 0.934. The van der Waals surface area contributed by atoms with Crippen molar-refractivity contribution in [2.45, 2.75) is 20.4 Å². The lowest BCUT2D eigenvalue weighted by molar-refractivity contribution is 0.583. The lowest BCUT2D eigenvalue weighted by Gasteiger charge is -2.16. The highest BCUT2D eigenvalue weighted by Crippen LogP contribution is 2.05. The van der Waals surface area contributed by atoms with Gasteiger partial charge in [-0.2, -0.15) is 0 Å². The molecule has 1 aromatic carbocycles. The fourth-order valence-corrected chi connectivity index (χ4v) is 1.49. The highest BCUT2D eigenvalue weighted by molar-refractivity contribution is 14.0. The summed E-state index contributed by atoms with van der Waals surface area (Å²) in [6, 6.07) is 8.45. The van der Waals surface area contributed by atoms with Crippen LogP contribution in [0.25, 0.3) is 0 Å². The average molecular weight is 347 g/mol. The van der Waals surface area contributed by atoms with Crippen molar-refractivity contribution in [1.82, 2.24) is 10.2 Å². The second kappa shape index (κ2) is 8.33. The van der Waals surface area contributed by atoms with E-state index in [2.05, 4.69) is 48.4 Å². The Morgan fingerprint density at radius 3 is 2.59 bits per heavy atom. The molecule has 0 unspecified atom stereocenters. The first-order chi connectivity index (χ1) is 7.63. The van der Waals surface area contributed by atoms with E-state index in [1.807, 2.05) is 19.0 Å². The minimum absolute atomic E-state index is 0. The second-order valence-corrected chi connectivity index (χ2v) is 4.05. The van der Waals surface area contributed by atoms with Crippen molar-refractivity contribution >= 4 is 29.9 Å². The van der Waals surface area contributed by atoms with E-state index in [1.165, 1.54) is 11.1 Å². The van der Waals surface area contributed by atoms with E-state index in [1.54, 1.807) is 0 Å². The molecule has 0 radical (unpaired) electrons. The Balaban J connectivity index is 0.00000256. The van der Waals surface area contributed by atoms with Crippen molar-refractivity contribution < 1.29 is 0 Å². The summed E-state index contributed by atoms with van der Waals surface area (Å²) in [5, 5.41) is 3.24. The number of benzene rings is 1. The molecule has 0 heterocycles. The van der Waals surface area contributed by atoms with Crippen molar-refractivity contribution in [3.05, 3.63) is 35.4 Å². The van der Waals surface area contributed by atoms with Crippen molar-refractivity contribution in [3.63, 3.8) is 0 Å². The summed E-state index contributed by atoms with van der Waals surface area (Å²) in [7, 11) is 4.00. The molecule has 0 fully saturated rings. The number of hydrogen-bond acceptors (Lipinski definition) is 1. The third kappa shape index (κ3) is 5.91. The van der Waals surface area contributed by atoms with Crippen LogP contribution in [-0.2, 0) is 6.54 Å². The first kappa shape index (κ1) is 16.2. The van der Waals surface area contributed by atoms with Gasteiger partial charge in [0.25, 0.3) is 0 Å². The first-order valence-electron chi connectivity index (χ1n) is 5.64. The van der Waals surface area contributed by atoms with Gasteiger partial charge in [0.15, 0.2) is 5.96 Å². The zero-order valence-electron chi connectivity index (χ0n) is 11.0. The lowest BCUT2D eigenvalue weighted by Crippen LogP contribution is -2.36. The molecule has 1 aromatic rings. The van der Waals surface area contributed by atoms with E-state index in [0.29, 0.717) is 0 Å². The van der Waals surface area contributed by atoms with Crippen molar-refractivity contribution in [2.75, 3.05) is 20.6 Å². The number of hydrogen-bond donors (Lipinski definition) is 1. The molecule has 0 amide bonds. The number of guanidine groups is 1. The van der Waals surface area contributed by atoms with E-state index in [-0.39, 0.29) is 24.0 Å². The standard InChI is InChI=1S/C13H21N3.HI/c1-5-14-13(16(3)4)15-10-12-8-6-7-11(2)9-12;/h6-9H,5,10H2,1-4H3,(H,14,15);1H. The number of nitrogens with one attached hydrogen (secondary N) is 1. The Labute approximate surface area is 121 Å². The molecule has 0 spiro atoms. The van der Waals surface area contributed by atoms with Crippen LogP contribution in [0, 0.1) is 6.92 Å². The molecule has 0 aromatic heterocycles. The molecule has 17 heavy (non-hydrogen) atoms. The smallest absolute Gasteiger partial charge is 0.193 e. The summed E-state index contributed by atoms with van der Waals surface area (Å²) in [6.07, 6.45) is 0. The molecule has 0 aliphatic heterocycles. The van der Waals surface area contributed by atoms with E-state index in [4.69, 9.17) is 0 Å². The summed E-state index contributed by atoms with van der Waals surface area (Å²) in [6.45, 7) is 5.79. The van der Waals surface area contributed by atoms with Gasteiger partial charge >= 0.3 is 0 Å². The SMILES string of the molecule is CCNC(=NCc1cccc(C)c1)N(C)C.I. The highest BCUT2D eigenvalue weighted by Gasteiger charge is 1.99. The molecule has 0 atom stereocenters. The molecule has 0 aliphatic carbocycles. The zero-order valence-corrected chi connectivity index (χ0v) is 13.4. The monoisotopic (exact) mass is 347 g/mol. The van der Waals surface area contributed by atoms with E-state index < -0.39 is 0 Å². The van der Waals surface area contributed by atoms with Gasteiger partial charge < -0.3 is 10.2 Å². The quantitative estimate of drug-likeness (QED) is 0.517. The maximum Gasteiger partial charge on any atom is 0.193 e. The van der Waals surface area contributed by atoms with Crippen LogP contribution in [0.2, 0.25) is 0 Å². The van der Waals surface area contributed by atoms with Crippen molar-refractivity contribution in [1.29, 1.82) is 0 Å². The Morgan fingerprint density at radius 2 is 2.06 bits per heavy atom. The van der Waals surface area contributed by atoms with Gasteiger partial charge in [0, 0.05) is 20.6 Å². The van der Waals surface area contributed by atoms with Crippen LogP contribution in [0.15, 0.2) is 29.3 Å². The normalized spacial score (nSPS) is 10.7.